The Morgan fingerprint density at radius 3 is 2.76 bits per heavy atom. The highest BCUT2D eigenvalue weighted by Gasteiger charge is 2.24. The third-order valence-electron chi connectivity index (χ3n) is 2.14. The van der Waals surface area contributed by atoms with Crippen LogP contribution < -0.4 is 10.5 Å². The Bertz CT molecular complexity index is 446. The zero-order chi connectivity index (χ0) is 13.0. The van der Waals surface area contributed by atoms with Gasteiger partial charge in [0.05, 0.1) is 4.92 Å². The Balaban J connectivity index is 3.12. The van der Waals surface area contributed by atoms with Crippen LogP contribution in [0.2, 0.25) is 0 Å². The fourth-order valence-corrected chi connectivity index (χ4v) is 1.28. The van der Waals surface area contributed by atoms with E-state index in [2.05, 4.69) is 0 Å². The Morgan fingerprint density at radius 2 is 2.29 bits per heavy atom. The second-order valence-electron chi connectivity index (χ2n) is 3.36. The molecule has 0 aliphatic rings. The summed E-state index contributed by atoms with van der Waals surface area (Å²) in [4.78, 5) is 20.9. The topological polar surface area (TPSA) is 116 Å². The molecule has 0 bridgehead atoms. The number of hydrogen-bond donors (Lipinski definition) is 2. The number of hydrogen-bond acceptors (Lipinski definition) is 5. The summed E-state index contributed by atoms with van der Waals surface area (Å²) in [6.45, 7) is 1.33. The van der Waals surface area contributed by atoms with E-state index in [9.17, 15) is 14.9 Å². The van der Waals surface area contributed by atoms with E-state index in [-0.39, 0.29) is 18.0 Å². The lowest BCUT2D eigenvalue weighted by molar-refractivity contribution is -0.386. The van der Waals surface area contributed by atoms with Crippen molar-refractivity contribution < 1.29 is 19.6 Å². The number of aryl methyl sites for hydroxylation is 1. The lowest BCUT2D eigenvalue weighted by Gasteiger charge is -2.14. The minimum Gasteiger partial charge on any atom is -0.478 e. The highest BCUT2D eigenvalue weighted by Crippen LogP contribution is 2.30. The van der Waals surface area contributed by atoms with Gasteiger partial charge in [0.2, 0.25) is 11.9 Å². The monoisotopic (exact) mass is 240 g/mol. The van der Waals surface area contributed by atoms with Crippen molar-refractivity contribution in [1.82, 2.24) is 0 Å². The first-order chi connectivity index (χ1) is 7.97. The zero-order valence-corrected chi connectivity index (χ0v) is 9.12. The van der Waals surface area contributed by atoms with Gasteiger partial charge >= 0.3 is 11.7 Å². The molecule has 0 radical (unpaired) electrons. The van der Waals surface area contributed by atoms with E-state index in [0.29, 0.717) is 5.56 Å². The number of ether oxygens (including phenoxy) is 1. The summed E-state index contributed by atoms with van der Waals surface area (Å²) in [5.41, 5.74) is 5.43. The molecular weight excluding hydrogens is 228 g/mol. The van der Waals surface area contributed by atoms with Gasteiger partial charge in [0.25, 0.3) is 0 Å². The van der Waals surface area contributed by atoms with E-state index >= 15 is 0 Å². The molecule has 17 heavy (non-hydrogen) atoms. The number of nitrogens with zero attached hydrogens (tertiary/aromatic N) is 1. The van der Waals surface area contributed by atoms with Crippen LogP contribution >= 0.6 is 0 Å². The molecule has 1 aromatic carbocycles. The molecule has 92 valence electrons. The van der Waals surface area contributed by atoms with Crippen LogP contribution in [0.25, 0.3) is 0 Å². The average Bonchev–Trinajstić information content (AvgIpc) is 2.26. The molecule has 0 amide bonds. The van der Waals surface area contributed by atoms with E-state index in [1.165, 1.54) is 12.1 Å². The summed E-state index contributed by atoms with van der Waals surface area (Å²) in [5, 5.41) is 19.5. The molecule has 0 spiro atoms. The van der Waals surface area contributed by atoms with Gasteiger partial charge in [-0.05, 0) is 12.5 Å². The van der Waals surface area contributed by atoms with Gasteiger partial charge in [-0.25, -0.2) is 4.79 Å². The maximum Gasteiger partial charge on any atom is 0.346 e. The second-order valence-corrected chi connectivity index (χ2v) is 3.36. The van der Waals surface area contributed by atoms with Crippen molar-refractivity contribution >= 4 is 11.7 Å². The van der Waals surface area contributed by atoms with Crippen LogP contribution in [0.15, 0.2) is 18.2 Å². The molecule has 3 N–H and O–H groups in total. The first-order valence-corrected chi connectivity index (χ1v) is 4.81. The number of carboxylic acid groups (broad SMARTS) is 1. The fourth-order valence-electron chi connectivity index (χ4n) is 1.28. The number of nitro benzene ring substituents is 1. The number of carboxylic acids is 1. The molecule has 1 atom stereocenters. The molecule has 0 saturated heterocycles. The van der Waals surface area contributed by atoms with Crippen molar-refractivity contribution in [3.63, 3.8) is 0 Å². The number of carbonyl (C=O) groups is 1. The van der Waals surface area contributed by atoms with Crippen molar-refractivity contribution in [2.45, 2.75) is 13.0 Å². The Morgan fingerprint density at radius 1 is 1.65 bits per heavy atom. The van der Waals surface area contributed by atoms with Crippen molar-refractivity contribution in [1.29, 1.82) is 0 Å². The van der Waals surface area contributed by atoms with Crippen molar-refractivity contribution in [2.24, 2.45) is 5.73 Å². The van der Waals surface area contributed by atoms with Gasteiger partial charge in [0.1, 0.15) is 0 Å². The smallest absolute Gasteiger partial charge is 0.346 e. The van der Waals surface area contributed by atoms with E-state index in [0.717, 1.165) is 0 Å². The van der Waals surface area contributed by atoms with Gasteiger partial charge in [-0.3, -0.25) is 10.1 Å². The van der Waals surface area contributed by atoms with E-state index in [4.69, 9.17) is 15.6 Å². The molecular formula is C10H12N2O5. The number of aliphatic carboxylic acids is 1. The predicted octanol–water partition coefficient (Wildman–Crippen LogP) is 0.694. The number of nitrogens with two attached hydrogens (primary N) is 1. The van der Waals surface area contributed by atoms with E-state index in [1.807, 2.05) is 0 Å². The summed E-state index contributed by atoms with van der Waals surface area (Å²) < 4.78 is 5.08. The number of rotatable bonds is 5. The highest BCUT2D eigenvalue weighted by molar-refractivity contribution is 5.73. The minimum absolute atomic E-state index is 0.0599. The summed E-state index contributed by atoms with van der Waals surface area (Å²) in [5.74, 6) is -1.32. The van der Waals surface area contributed by atoms with E-state index < -0.39 is 17.0 Å². The summed E-state index contributed by atoms with van der Waals surface area (Å²) in [6, 6.07) is 4.34. The quantitative estimate of drug-likeness (QED) is 0.578. The molecule has 0 aliphatic heterocycles. The molecule has 1 unspecified atom stereocenters. The van der Waals surface area contributed by atoms with Gasteiger partial charge in [-0.1, -0.05) is 12.1 Å². The fraction of sp³-hybridized carbons (Fsp3) is 0.300. The summed E-state index contributed by atoms with van der Waals surface area (Å²) in [6.07, 6.45) is -1.30. The summed E-state index contributed by atoms with van der Waals surface area (Å²) >= 11 is 0. The van der Waals surface area contributed by atoms with Crippen LogP contribution in [-0.4, -0.2) is 28.6 Å². The molecule has 0 aromatic heterocycles. The number of nitro groups is 1. The standard InChI is InChI=1S/C10H12N2O5/c1-6-3-2-4-7(12(15)16)9(6)17-8(5-11)10(13)14/h2-4,8H,5,11H2,1H3,(H,13,14). The Labute approximate surface area is 97.0 Å². The number of para-hydroxylation sites is 1. The summed E-state index contributed by atoms with van der Waals surface area (Å²) in [7, 11) is 0. The molecule has 7 heteroatoms. The van der Waals surface area contributed by atoms with Gasteiger partial charge < -0.3 is 15.6 Å². The van der Waals surface area contributed by atoms with Crippen LogP contribution in [0.4, 0.5) is 5.69 Å². The van der Waals surface area contributed by atoms with Crippen molar-refractivity contribution in [2.75, 3.05) is 6.54 Å². The van der Waals surface area contributed by atoms with Crippen molar-refractivity contribution in [3.05, 3.63) is 33.9 Å². The largest absolute Gasteiger partial charge is 0.478 e. The molecule has 0 fully saturated rings. The molecule has 0 aliphatic carbocycles. The highest BCUT2D eigenvalue weighted by atomic mass is 16.6. The molecule has 0 saturated carbocycles. The number of benzene rings is 1. The van der Waals surface area contributed by atoms with Crippen LogP contribution in [0, 0.1) is 17.0 Å². The van der Waals surface area contributed by atoms with Crippen LogP contribution in [0.3, 0.4) is 0 Å². The maximum atomic E-state index is 10.8. The first-order valence-electron chi connectivity index (χ1n) is 4.81. The average molecular weight is 240 g/mol. The lowest BCUT2D eigenvalue weighted by atomic mass is 10.2. The second kappa shape index (κ2) is 5.26. The predicted molar refractivity (Wildman–Crippen MR) is 58.9 cm³/mol. The minimum atomic E-state index is -1.30. The molecule has 0 heterocycles. The Kier molecular flexibility index (Phi) is 4.00. The first kappa shape index (κ1) is 12.9. The van der Waals surface area contributed by atoms with Crippen molar-refractivity contribution in [3.8, 4) is 5.75 Å². The van der Waals surface area contributed by atoms with Gasteiger partial charge in [-0.15, -0.1) is 0 Å². The van der Waals surface area contributed by atoms with Gasteiger partial charge in [0, 0.05) is 12.6 Å². The maximum absolute atomic E-state index is 10.8. The zero-order valence-electron chi connectivity index (χ0n) is 9.12. The molecule has 7 nitrogen and oxygen atoms in total. The Hall–Kier alpha value is -2.15. The van der Waals surface area contributed by atoms with Crippen LogP contribution in [0.5, 0.6) is 5.75 Å². The molecule has 1 aromatic rings. The SMILES string of the molecule is Cc1cccc([N+](=O)[O-])c1OC(CN)C(=O)O. The van der Waals surface area contributed by atoms with Crippen LogP contribution in [-0.2, 0) is 4.79 Å². The van der Waals surface area contributed by atoms with Crippen LogP contribution in [0.1, 0.15) is 5.56 Å². The van der Waals surface area contributed by atoms with E-state index in [1.54, 1.807) is 13.0 Å². The third kappa shape index (κ3) is 2.91. The lowest BCUT2D eigenvalue weighted by Crippen LogP contribution is -2.35. The third-order valence-corrected chi connectivity index (χ3v) is 2.14. The van der Waals surface area contributed by atoms with Gasteiger partial charge in [0.15, 0.2) is 0 Å². The van der Waals surface area contributed by atoms with Gasteiger partial charge in [-0.2, -0.15) is 0 Å². The molecule has 1 rings (SSSR count). The normalized spacial score (nSPS) is 11.9.